The normalized spacial score (nSPS) is 11.8. The van der Waals surface area contributed by atoms with E-state index in [1.54, 1.807) is 0 Å². The molecule has 0 spiro atoms. The summed E-state index contributed by atoms with van der Waals surface area (Å²) in [5.74, 6) is 0. The third-order valence-corrected chi connectivity index (χ3v) is 6.40. The minimum atomic E-state index is 0.922. The number of rotatable bonds is 2. The van der Waals surface area contributed by atoms with Crippen molar-refractivity contribution in [3.63, 3.8) is 0 Å². The predicted octanol–water partition coefficient (Wildman–Crippen LogP) is 8.35. The molecule has 0 aliphatic carbocycles. The van der Waals surface area contributed by atoms with Gasteiger partial charge in [-0.2, -0.15) is 0 Å². The van der Waals surface area contributed by atoms with E-state index in [4.69, 9.17) is 4.42 Å². The number of benzene rings is 5. The molecule has 0 bridgehead atoms. The SMILES string of the molecule is c1ccc(-n2c3ccccc3c3cccc(-c4cccc5c4oc4ccccc45)c32)cc1. The molecular weight excluding hydrogens is 390 g/mol. The number of hydrogen-bond donors (Lipinski definition) is 0. The number of hydrogen-bond acceptors (Lipinski definition) is 1. The monoisotopic (exact) mass is 409 g/mol. The van der Waals surface area contributed by atoms with E-state index in [1.807, 2.05) is 12.1 Å². The van der Waals surface area contributed by atoms with Gasteiger partial charge in [-0.05, 0) is 24.3 Å². The molecule has 0 fully saturated rings. The zero-order valence-electron chi connectivity index (χ0n) is 17.3. The summed E-state index contributed by atoms with van der Waals surface area (Å²) in [7, 11) is 0. The molecule has 7 aromatic rings. The maximum Gasteiger partial charge on any atom is 0.143 e. The minimum absolute atomic E-state index is 0.922. The van der Waals surface area contributed by atoms with Gasteiger partial charge in [0.15, 0.2) is 0 Å². The molecule has 0 aliphatic heterocycles. The van der Waals surface area contributed by atoms with E-state index in [9.17, 15) is 0 Å². The van der Waals surface area contributed by atoms with E-state index in [2.05, 4.69) is 108 Å². The van der Waals surface area contributed by atoms with Crippen LogP contribution in [0.15, 0.2) is 120 Å². The summed E-state index contributed by atoms with van der Waals surface area (Å²) < 4.78 is 8.77. The Balaban J connectivity index is 1.67. The van der Waals surface area contributed by atoms with E-state index in [-0.39, 0.29) is 0 Å². The molecule has 32 heavy (non-hydrogen) atoms. The molecule has 0 atom stereocenters. The maximum atomic E-state index is 6.40. The number of para-hydroxylation sites is 5. The summed E-state index contributed by atoms with van der Waals surface area (Å²) in [6, 6.07) is 40.5. The summed E-state index contributed by atoms with van der Waals surface area (Å²) in [6.45, 7) is 0. The molecule has 0 amide bonds. The molecule has 0 unspecified atom stereocenters. The van der Waals surface area contributed by atoms with Crippen LogP contribution < -0.4 is 0 Å². The summed E-state index contributed by atoms with van der Waals surface area (Å²) in [4.78, 5) is 0. The molecule has 5 aromatic carbocycles. The minimum Gasteiger partial charge on any atom is -0.455 e. The molecule has 0 saturated heterocycles. The second kappa shape index (κ2) is 6.60. The molecule has 2 nitrogen and oxygen atoms in total. The van der Waals surface area contributed by atoms with Crippen LogP contribution in [0.25, 0.3) is 60.6 Å². The zero-order chi connectivity index (χ0) is 21.1. The van der Waals surface area contributed by atoms with E-state index < -0.39 is 0 Å². The Bertz CT molecular complexity index is 1770. The lowest BCUT2D eigenvalue weighted by atomic mass is 9.99. The summed E-state index contributed by atoms with van der Waals surface area (Å²) in [5, 5.41) is 4.80. The lowest BCUT2D eigenvalue weighted by Gasteiger charge is -2.12. The van der Waals surface area contributed by atoms with Gasteiger partial charge in [-0.1, -0.05) is 91.0 Å². The van der Waals surface area contributed by atoms with E-state index in [1.165, 1.54) is 27.4 Å². The van der Waals surface area contributed by atoms with Gasteiger partial charge in [-0.25, -0.2) is 0 Å². The number of nitrogens with zero attached hydrogens (tertiary/aromatic N) is 1. The highest BCUT2D eigenvalue weighted by Gasteiger charge is 2.19. The van der Waals surface area contributed by atoms with Crippen molar-refractivity contribution in [1.82, 2.24) is 4.57 Å². The maximum absolute atomic E-state index is 6.40. The summed E-state index contributed by atoms with van der Waals surface area (Å²) in [6.07, 6.45) is 0. The molecule has 7 rings (SSSR count). The van der Waals surface area contributed by atoms with Crippen molar-refractivity contribution in [3.05, 3.63) is 115 Å². The van der Waals surface area contributed by atoms with Crippen molar-refractivity contribution >= 4 is 43.7 Å². The van der Waals surface area contributed by atoms with Gasteiger partial charge in [-0.3, -0.25) is 0 Å². The van der Waals surface area contributed by atoms with E-state index in [0.717, 1.165) is 33.2 Å². The van der Waals surface area contributed by atoms with Crippen LogP contribution in [0.1, 0.15) is 0 Å². The van der Waals surface area contributed by atoms with Crippen molar-refractivity contribution in [3.8, 4) is 16.8 Å². The first-order valence-electron chi connectivity index (χ1n) is 10.9. The van der Waals surface area contributed by atoms with Crippen molar-refractivity contribution in [2.24, 2.45) is 0 Å². The molecular formula is C30H19NO. The third-order valence-electron chi connectivity index (χ3n) is 6.40. The van der Waals surface area contributed by atoms with Gasteiger partial charge in [0.25, 0.3) is 0 Å². The standard InChI is InChI=1S/C30H19NO/c1-2-10-20(11-3-1)31-27-18-6-4-12-21(27)23-14-8-15-24(29(23)31)26-17-9-16-25-22-13-5-7-19-28(22)32-30(25)26/h1-19H. The fourth-order valence-corrected chi connectivity index (χ4v) is 5.04. The van der Waals surface area contributed by atoms with E-state index in [0.29, 0.717) is 0 Å². The zero-order valence-corrected chi connectivity index (χ0v) is 17.3. The Morgan fingerprint density at radius 3 is 2.00 bits per heavy atom. The van der Waals surface area contributed by atoms with Gasteiger partial charge in [0, 0.05) is 38.4 Å². The van der Waals surface area contributed by atoms with Crippen LogP contribution in [-0.4, -0.2) is 4.57 Å². The van der Waals surface area contributed by atoms with Crippen LogP contribution in [0, 0.1) is 0 Å². The Morgan fingerprint density at radius 1 is 0.469 bits per heavy atom. The van der Waals surface area contributed by atoms with Gasteiger partial charge in [0.05, 0.1) is 11.0 Å². The third kappa shape index (κ3) is 2.35. The topological polar surface area (TPSA) is 18.1 Å². The van der Waals surface area contributed by atoms with Crippen LogP contribution in [0.2, 0.25) is 0 Å². The van der Waals surface area contributed by atoms with Crippen molar-refractivity contribution in [1.29, 1.82) is 0 Å². The van der Waals surface area contributed by atoms with Crippen LogP contribution in [0.4, 0.5) is 0 Å². The van der Waals surface area contributed by atoms with Gasteiger partial charge < -0.3 is 8.98 Å². The highest BCUT2D eigenvalue weighted by Crippen LogP contribution is 2.41. The van der Waals surface area contributed by atoms with Crippen molar-refractivity contribution in [2.45, 2.75) is 0 Å². The highest BCUT2D eigenvalue weighted by molar-refractivity contribution is 6.17. The lowest BCUT2D eigenvalue weighted by molar-refractivity contribution is 0.670. The molecule has 150 valence electrons. The number of aromatic nitrogens is 1. The Hall–Kier alpha value is -4.30. The Morgan fingerprint density at radius 2 is 1.12 bits per heavy atom. The largest absolute Gasteiger partial charge is 0.455 e. The van der Waals surface area contributed by atoms with Crippen LogP contribution in [0.3, 0.4) is 0 Å². The average Bonchev–Trinajstić information content (AvgIpc) is 3.41. The quantitative estimate of drug-likeness (QED) is 0.280. The molecule has 0 saturated carbocycles. The molecule has 0 radical (unpaired) electrons. The second-order valence-electron chi connectivity index (χ2n) is 8.17. The molecule has 0 aliphatic rings. The lowest BCUT2D eigenvalue weighted by Crippen LogP contribution is -1.95. The summed E-state index contributed by atoms with van der Waals surface area (Å²) >= 11 is 0. The van der Waals surface area contributed by atoms with Gasteiger partial charge in [0.2, 0.25) is 0 Å². The van der Waals surface area contributed by atoms with Crippen molar-refractivity contribution < 1.29 is 4.42 Å². The van der Waals surface area contributed by atoms with Gasteiger partial charge in [0.1, 0.15) is 11.2 Å². The first-order valence-corrected chi connectivity index (χ1v) is 10.9. The molecule has 2 heteroatoms. The van der Waals surface area contributed by atoms with Crippen LogP contribution in [-0.2, 0) is 0 Å². The average molecular weight is 409 g/mol. The molecule has 2 aromatic heterocycles. The second-order valence-corrected chi connectivity index (χ2v) is 8.17. The smallest absolute Gasteiger partial charge is 0.143 e. The number of furan rings is 1. The van der Waals surface area contributed by atoms with Crippen LogP contribution in [0.5, 0.6) is 0 Å². The molecule has 2 heterocycles. The first-order chi connectivity index (χ1) is 15.9. The summed E-state index contributed by atoms with van der Waals surface area (Å²) in [5.41, 5.74) is 7.71. The van der Waals surface area contributed by atoms with Gasteiger partial charge >= 0.3 is 0 Å². The number of fused-ring (bicyclic) bond motifs is 6. The molecule has 0 N–H and O–H groups in total. The fourth-order valence-electron chi connectivity index (χ4n) is 5.04. The Kier molecular flexibility index (Phi) is 3.58. The first kappa shape index (κ1) is 17.4. The Labute approximate surface area is 184 Å². The predicted molar refractivity (Wildman–Crippen MR) is 133 cm³/mol. The highest BCUT2D eigenvalue weighted by atomic mass is 16.3. The van der Waals surface area contributed by atoms with Crippen molar-refractivity contribution in [2.75, 3.05) is 0 Å². The fraction of sp³-hybridized carbons (Fsp3) is 0. The van der Waals surface area contributed by atoms with E-state index >= 15 is 0 Å². The van der Waals surface area contributed by atoms with Crippen LogP contribution >= 0.6 is 0 Å². The van der Waals surface area contributed by atoms with Gasteiger partial charge in [-0.15, -0.1) is 0 Å².